The maximum absolute atomic E-state index is 12.2. The van der Waals surface area contributed by atoms with Gasteiger partial charge in [-0.05, 0) is 12.1 Å². The highest BCUT2D eigenvalue weighted by atomic mass is 79.9. The van der Waals surface area contributed by atoms with Gasteiger partial charge in [-0.15, -0.1) is 0 Å². The van der Waals surface area contributed by atoms with Crippen molar-refractivity contribution < 1.29 is 18.3 Å². The van der Waals surface area contributed by atoms with Crippen molar-refractivity contribution >= 4 is 31.6 Å². The number of aromatic nitrogens is 2. The quantitative estimate of drug-likeness (QED) is 0.747. The molecule has 1 heterocycles. The summed E-state index contributed by atoms with van der Waals surface area (Å²) in [7, 11) is -2.37. The van der Waals surface area contributed by atoms with Gasteiger partial charge in [0.05, 0.1) is 25.6 Å². The molecule has 0 atom stereocenters. The summed E-state index contributed by atoms with van der Waals surface area (Å²) in [6.07, 6.45) is 1.26. The van der Waals surface area contributed by atoms with Crippen LogP contribution in [-0.4, -0.2) is 30.8 Å². The molecule has 1 aromatic carbocycles. The number of aromatic amines is 1. The van der Waals surface area contributed by atoms with Crippen LogP contribution in [0.15, 0.2) is 33.9 Å². The normalized spacial score (nSPS) is 11.3. The molecule has 0 aliphatic carbocycles. The van der Waals surface area contributed by atoms with Crippen LogP contribution in [0.1, 0.15) is 5.56 Å². The zero-order valence-electron chi connectivity index (χ0n) is 10.4. The molecule has 0 aliphatic rings. The zero-order chi connectivity index (χ0) is 14.8. The van der Waals surface area contributed by atoms with Crippen molar-refractivity contribution in [2.24, 2.45) is 0 Å². The standard InChI is InChI=1S/C11H12BrN3O4S/c1-19-10-3-8(12)2-9(4-10)15-20(17,18)11-7(6-16)5-13-14-11/h2-5,15-16H,6H2,1H3,(H,13,14). The number of hydrogen-bond donors (Lipinski definition) is 3. The Labute approximate surface area is 124 Å². The fourth-order valence-corrected chi connectivity index (χ4v) is 3.23. The van der Waals surface area contributed by atoms with Crippen molar-refractivity contribution in [3.63, 3.8) is 0 Å². The van der Waals surface area contributed by atoms with Gasteiger partial charge in [0.2, 0.25) is 0 Å². The van der Waals surface area contributed by atoms with Crippen LogP contribution < -0.4 is 9.46 Å². The predicted octanol–water partition coefficient (Wildman–Crippen LogP) is 1.47. The summed E-state index contributed by atoms with van der Waals surface area (Å²) in [4.78, 5) is 0. The van der Waals surface area contributed by atoms with Gasteiger partial charge < -0.3 is 9.84 Å². The smallest absolute Gasteiger partial charge is 0.279 e. The monoisotopic (exact) mass is 361 g/mol. The lowest BCUT2D eigenvalue weighted by Gasteiger charge is -2.09. The van der Waals surface area contributed by atoms with Gasteiger partial charge in [0.1, 0.15) is 5.75 Å². The second kappa shape index (κ2) is 5.81. The molecule has 0 bridgehead atoms. The number of nitrogens with zero attached hydrogens (tertiary/aromatic N) is 1. The molecular formula is C11H12BrN3O4S. The Morgan fingerprint density at radius 1 is 1.45 bits per heavy atom. The lowest BCUT2D eigenvalue weighted by atomic mass is 10.3. The Bertz CT molecular complexity index is 714. The first kappa shape index (κ1) is 14.8. The molecule has 3 N–H and O–H groups in total. The molecule has 0 radical (unpaired) electrons. The van der Waals surface area contributed by atoms with Gasteiger partial charge in [0.15, 0.2) is 5.03 Å². The van der Waals surface area contributed by atoms with Crippen LogP contribution in [0.2, 0.25) is 0 Å². The minimum absolute atomic E-state index is 0.168. The molecule has 0 fully saturated rings. The van der Waals surface area contributed by atoms with E-state index in [0.29, 0.717) is 15.9 Å². The average Bonchev–Trinajstić information content (AvgIpc) is 2.86. The highest BCUT2D eigenvalue weighted by molar-refractivity contribution is 9.10. The summed E-state index contributed by atoms with van der Waals surface area (Å²) in [6.45, 7) is -0.422. The summed E-state index contributed by atoms with van der Waals surface area (Å²) < 4.78 is 32.5. The molecule has 0 saturated heterocycles. The molecule has 108 valence electrons. The summed E-state index contributed by atoms with van der Waals surface area (Å²) in [5.41, 5.74) is 0.522. The molecule has 2 rings (SSSR count). The van der Waals surface area contributed by atoms with E-state index < -0.39 is 16.6 Å². The first-order valence-corrected chi connectivity index (χ1v) is 7.74. The Balaban J connectivity index is 2.36. The maximum Gasteiger partial charge on any atom is 0.279 e. The van der Waals surface area contributed by atoms with E-state index >= 15 is 0 Å². The minimum Gasteiger partial charge on any atom is -0.497 e. The van der Waals surface area contributed by atoms with Crippen LogP contribution in [0.5, 0.6) is 5.75 Å². The van der Waals surface area contributed by atoms with Gasteiger partial charge in [0.25, 0.3) is 10.0 Å². The number of benzene rings is 1. The van der Waals surface area contributed by atoms with Crippen LogP contribution in [0, 0.1) is 0 Å². The third-order valence-electron chi connectivity index (χ3n) is 2.48. The first-order chi connectivity index (χ1) is 9.46. The highest BCUT2D eigenvalue weighted by Crippen LogP contribution is 2.26. The van der Waals surface area contributed by atoms with Crippen molar-refractivity contribution in [1.82, 2.24) is 10.2 Å². The molecule has 0 saturated carbocycles. The second-order valence-corrected chi connectivity index (χ2v) is 6.40. The molecule has 2 aromatic rings. The number of anilines is 1. The number of ether oxygens (including phenoxy) is 1. The number of H-pyrrole nitrogens is 1. The third-order valence-corrected chi connectivity index (χ3v) is 4.33. The van der Waals surface area contributed by atoms with Gasteiger partial charge in [-0.25, -0.2) is 0 Å². The fourth-order valence-electron chi connectivity index (χ4n) is 1.59. The van der Waals surface area contributed by atoms with Gasteiger partial charge in [0, 0.05) is 16.1 Å². The fraction of sp³-hybridized carbons (Fsp3) is 0.182. The van der Waals surface area contributed by atoms with Crippen molar-refractivity contribution in [2.45, 2.75) is 11.6 Å². The Kier molecular flexibility index (Phi) is 4.31. The van der Waals surface area contributed by atoms with E-state index in [0.717, 1.165) is 0 Å². The highest BCUT2D eigenvalue weighted by Gasteiger charge is 2.21. The molecule has 1 aromatic heterocycles. The lowest BCUT2D eigenvalue weighted by Crippen LogP contribution is -2.15. The Morgan fingerprint density at radius 3 is 2.85 bits per heavy atom. The SMILES string of the molecule is COc1cc(Br)cc(NS(=O)(=O)c2[nH]ncc2CO)c1. The summed E-state index contributed by atoms with van der Waals surface area (Å²) in [6, 6.07) is 4.83. The van der Waals surface area contributed by atoms with E-state index in [9.17, 15) is 8.42 Å². The Hall–Kier alpha value is -1.58. The van der Waals surface area contributed by atoms with E-state index in [4.69, 9.17) is 9.84 Å². The van der Waals surface area contributed by atoms with Crippen molar-refractivity contribution in [3.8, 4) is 5.75 Å². The average molecular weight is 362 g/mol. The van der Waals surface area contributed by atoms with Crippen LogP contribution in [0.3, 0.4) is 0 Å². The number of aliphatic hydroxyl groups is 1. The third kappa shape index (κ3) is 3.11. The minimum atomic E-state index is -3.86. The zero-order valence-corrected chi connectivity index (χ0v) is 12.8. The van der Waals surface area contributed by atoms with Crippen molar-refractivity contribution in [2.75, 3.05) is 11.8 Å². The van der Waals surface area contributed by atoms with Gasteiger partial charge >= 0.3 is 0 Å². The second-order valence-electron chi connectivity index (χ2n) is 3.87. The van der Waals surface area contributed by atoms with E-state index in [2.05, 4.69) is 30.8 Å². The summed E-state index contributed by atoms with van der Waals surface area (Å²) in [5, 5.41) is 14.9. The van der Waals surface area contributed by atoms with Crippen LogP contribution in [-0.2, 0) is 16.6 Å². The lowest BCUT2D eigenvalue weighted by molar-refractivity contribution is 0.278. The largest absolute Gasteiger partial charge is 0.497 e. The Morgan fingerprint density at radius 2 is 2.20 bits per heavy atom. The van der Waals surface area contributed by atoms with Crippen LogP contribution in [0.25, 0.3) is 0 Å². The molecule has 0 spiro atoms. The van der Waals surface area contributed by atoms with E-state index in [1.165, 1.54) is 19.4 Å². The van der Waals surface area contributed by atoms with Gasteiger partial charge in [-0.1, -0.05) is 15.9 Å². The van der Waals surface area contributed by atoms with Gasteiger partial charge in [-0.2, -0.15) is 13.5 Å². The maximum atomic E-state index is 12.2. The van der Waals surface area contributed by atoms with E-state index in [1.807, 2.05) is 0 Å². The predicted molar refractivity (Wildman–Crippen MR) is 76.0 cm³/mol. The number of aliphatic hydroxyl groups excluding tert-OH is 1. The molecule has 0 amide bonds. The number of rotatable bonds is 5. The number of halogens is 1. The van der Waals surface area contributed by atoms with E-state index in [-0.39, 0.29) is 10.6 Å². The van der Waals surface area contributed by atoms with E-state index in [1.54, 1.807) is 12.1 Å². The first-order valence-electron chi connectivity index (χ1n) is 5.47. The van der Waals surface area contributed by atoms with Gasteiger partial charge in [-0.3, -0.25) is 9.82 Å². The van der Waals surface area contributed by atoms with Crippen molar-refractivity contribution in [3.05, 3.63) is 34.4 Å². The number of hydrogen-bond acceptors (Lipinski definition) is 5. The number of methoxy groups -OCH3 is 1. The molecule has 20 heavy (non-hydrogen) atoms. The topological polar surface area (TPSA) is 104 Å². The molecule has 9 heteroatoms. The van der Waals surface area contributed by atoms with Crippen LogP contribution >= 0.6 is 15.9 Å². The summed E-state index contributed by atoms with van der Waals surface area (Å²) >= 11 is 3.26. The van der Waals surface area contributed by atoms with Crippen molar-refractivity contribution in [1.29, 1.82) is 0 Å². The molecular weight excluding hydrogens is 350 g/mol. The number of nitrogens with one attached hydrogen (secondary N) is 2. The number of sulfonamides is 1. The molecule has 0 unspecified atom stereocenters. The molecule has 0 aliphatic heterocycles. The molecule has 7 nitrogen and oxygen atoms in total. The van der Waals surface area contributed by atoms with Crippen LogP contribution in [0.4, 0.5) is 5.69 Å². The summed E-state index contributed by atoms with van der Waals surface area (Å²) in [5.74, 6) is 0.504.